The number of amides is 1. The van der Waals surface area contributed by atoms with Gasteiger partial charge in [0.25, 0.3) is 5.91 Å². The molecule has 3 aromatic carbocycles. The Balaban J connectivity index is 1.25. The van der Waals surface area contributed by atoms with Crippen LogP contribution in [0.4, 0.5) is 11.4 Å². The maximum Gasteiger partial charge on any atom is 0.257 e. The number of benzene rings is 3. The van der Waals surface area contributed by atoms with Crippen molar-refractivity contribution in [3.05, 3.63) is 95.0 Å². The monoisotopic (exact) mass is 465 g/mol. The van der Waals surface area contributed by atoms with E-state index in [1.807, 2.05) is 12.1 Å². The Morgan fingerprint density at radius 2 is 1.59 bits per heavy atom. The first-order valence-corrected chi connectivity index (χ1v) is 11.5. The van der Waals surface area contributed by atoms with Crippen LogP contribution in [0.2, 0.25) is 5.02 Å². The third-order valence-corrected chi connectivity index (χ3v) is 6.05. The molecule has 4 rings (SSSR count). The van der Waals surface area contributed by atoms with Crippen molar-refractivity contribution >= 4 is 46.2 Å². The second-order valence-corrected chi connectivity index (χ2v) is 8.71. The van der Waals surface area contributed by atoms with E-state index in [4.69, 9.17) is 23.8 Å². The molecular formula is C25H26ClN4OS+. The predicted molar refractivity (Wildman–Crippen MR) is 135 cm³/mol. The zero-order chi connectivity index (χ0) is 22.3. The van der Waals surface area contributed by atoms with Gasteiger partial charge in [-0.25, -0.2) is 0 Å². The van der Waals surface area contributed by atoms with Gasteiger partial charge in [-0.1, -0.05) is 41.9 Å². The molecule has 164 valence electrons. The Morgan fingerprint density at radius 3 is 2.25 bits per heavy atom. The molecule has 5 nitrogen and oxygen atoms in total. The fraction of sp³-hybridized carbons (Fsp3) is 0.200. The number of hydrogen-bond donors (Lipinski definition) is 3. The van der Waals surface area contributed by atoms with Crippen LogP contribution in [0.1, 0.15) is 15.9 Å². The number of anilines is 2. The quantitative estimate of drug-likeness (QED) is 0.506. The smallest absolute Gasteiger partial charge is 0.257 e. The lowest BCUT2D eigenvalue weighted by Crippen LogP contribution is -3.13. The molecule has 1 saturated heterocycles. The van der Waals surface area contributed by atoms with Gasteiger partial charge in [-0.2, -0.15) is 0 Å². The molecule has 7 heteroatoms. The normalized spacial score (nSPS) is 14.1. The number of thiocarbonyl (C=S) groups is 1. The molecule has 3 N–H and O–H groups in total. The number of halogens is 1. The average molecular weight is 466 g/mol. The van der Waals surface area contributed by atoms with Crippen molar-refractivity contribution in [2.45, 2.75) is 6.54 Å². The van der Waals surface area contributed by atoms with E-state index < -0.39 is 0 Å². The molecule has 1 heterocycles. The van der Waals surface area contributed by atoms with E-state index in [-0.39, 0.29) is 11.0 Å². The number of carbonyl (C=O) groups excluding carboxylic acids is 1. The van der Waals surface area contributed by atoms with Gasteiger partial charge in [0, 0.05) is 27.5 Å². The third kappa shape index (κ3) is 6.07. The van der Waals surface area contributed by atoms with Gasteiger partial charge >= 0.3 is 0 Å². The van der Waals surface area contributed by atoms with E-state index in [9.17, 15) is 4.79 Å². The molecule has 32 heavy (non-hydrogen) atoms. The highest BCUT2D eigenvalue weighted by atomic mass is 35.5. The fourth-order valence-electron chi connectivity index (χ4n) is 3.84. The van der Waals surface area contributed by atoms with Gasteiger partial charge in [0.05, 0.1) is 26.2 Å². The third-order valence-electron chi connectivity index (χ3n) is 5.59. The van der Waals surface area contributed by atoms with Crippen molar-refractivity contribution in [3.63, 3.8) is 0 Å². The highest BCUT2D eigenvalue weighted by Crippen LogP contribution is 2.18. The van der Waals surface area contributed by atoms with Crippen LogP contribution in [0.25, 0.3) is 0 Å². The summed E-state index contributed by atoms with van der Waals surface area (Å²) in [6, 6.07) is 25.5. The van der Waals surface area contributed by atoms with E-state index in [0.29, 0.717) is 10.6 Å². The molecule has 0 radical (unpaired) electrons. The zero-order valence-corrected chi connectivity index (χ0v) is 19.3. The van der Waals surface area contributed by atoms with Crippen LogP contribution in [-0.4, -0.2) is 37.2 Å². The van der Waals surface area contributed by atoms with Crippen molar-refractivity contribution < 1.29 is 9.69 Å². The lowest BCUT2D eigenvalue weighted by atomic mass is 10.2. The molecule has 0 saturated carbocycles. The highest BCUT2D eigenvalue weighted by molar-refractivity contribution is 7.80. The summed E-state index contributed by atoms with van der Waals surface area (Å²) in [5.41, 5.74) is 3.93. The lowest BCUT2D eigenvalue weighted by Gasteiger charge is -2.33. The van der Waals surface area contributed by atoms with Crippen molar-refractivity contribution in [1.29, 1.82) is 0 Å². The number of nitrogens with zero attached hydrogens (tertiary/aromatic N) is 1. The minimum atomic E-state index is -0.272. The van der Waals surface area contributed by atoms with Crippen molar-refractivity contribution in [2.75, 3.05) is 36.4 Å². The fourth-order valence-corrected chi connectivity index (χ4v) is 4.17. The van der Waals surface area contributed by atoms with Gasteiger partial charge in [-0.15, -0.1) is 0 Å². The maximum atomic E-state index is 12.3. The summed E-state index contributed by atoms with van der Waals surface area (Å²) in [6.07, 6.45) is 0. The van der Waals surface area contributed by atoms with Gasteiger partial charge < -0.3 is 15.1 Å². The molecule has 1 aliphatic rings. The first-order valence-electron chi connectivity index (χ1n) is 10.7. The van der Waals surface area contributed by atoms with Gasteiger partial charge in [0.2, 0.25) is 0 Å². The second-order valence-electron chi connectivity index (χ2n) is 7.86. The van der Waals surface area contributed by atoms with Gasteiger partial charge in [0.15, 0.2) is 5.11 Å². The number of carbonyl (C=O) groups is 1. The predicted octanol–water partition coefficient (Wildman–Crippen LogP) is 3.37. The number of hydrogen-bond acceptors (Lipinski definition) is 3. The molecule has 1 fully saturated rings. The number of quaternary nitrogens is 1. The highest BCUT2D eigenvalue weighted by Gasteiger charge is 2.20. The van der Waals surface area contributed by atoms with Crippen LogP contribution >= 0.6 is 23.8 Å². The van der Waals surface area contributed by atoms with Gasteiger partial charge in [-0.3, -0.25) is 10.1 Å². The van der Waals surface area contributed by atoms with Crippen LogP contribution in [0, 0.1) is 0 Å². The lowest BCUT2D eigenvalue weighted by molar-refractivity contribution is -0.914. The van der Waals surface area contributed by atoms with Crippen LogP contribution in [0.5, 0.6) is 0 Å². The minimum absolute atomic E-state index is 0.260. The van der Waals surface area contributed by atoms with Gasteiger partial charge in [0.1, 0.15) is 6.54 Å². The molecule has 0 bridgehead atoms. The standard InChI is InChI=1S/C25H25ClN4OS/c26-21-8-6-20(7-9-21)24(31)28-25(32)27-22-10-12-23(13-11-22)30-16-14-29(15-17-30)18-19-4-2-1-3-5-19/h1-13H,14-18H2,(H2,27,28,31,32)/p+1. The summed E-state index contributed by atoms with van der Waals surface area (Å²) in [4.78, 5) is 16.3. The molecule has 0 spiro atoms. The topological polar surface area (TPSA) is 48.8 Å². The van der Waals surface area contributed by atoms with Gasteiger partial charge in [-0.05, 0) is 60.7 Å². The van der Waals surface area contributed by atoms with Crippen LogP contribution in [-0.2, 0) is 6.54 Å². The van der Waals surface area contributed by atoms with E-state index in [2.05, 4.69) is 58.0 Å². The Hall–Kier alpha value is -2.93. The summed E-state index contributed by atoms with van der Waals surface area (Å²) >= 11 is 11.1. The summed E-state index contributed by atoms with van der Waals surface area (Å²) in [5.74, 6) is -0.272. The Labute approximate surface area is 199 Å². The minimum Gasteiger partial charge on any atom is -0.360 e. The van der Waals surface area contributed by atoms with Crippen LogP contribution in [0.3, 0.4) is 0 Å². The summed E-state index contributed by atoms with van der Waals surface area (Å²) in [6.45, 7) is 5.39. The summed E-state index contributed by atoms with van der Waals surface area (Å²) in [5, 5.41) is 6.61. The van der Waals surface area contributed by atoms with E-state index >= 15 is 0 Å². The Kier molecular flexibility index (Phi) is 7.37. The molecule has 0 unspecified atom stereocenters. The summed E-state index contributed by atoms with van der Waals surface area (Å²) in [7, 11) is 0. The molecule has 1 amide bonds. The van der Waals surface area contributed by atoms with E-state index in [1.54, 1.807) is 29.2 Å². The van der Waals surface area contributed by atoms with Crippen molar-refractivity contribution in [1.82, 2.24) is 5.32 Å². The second kappa shape index (κ2) is 10.6. The largest absolute Gasteiger partial charge is 0.360 e. The molecule has 0 aliphatic carbocycles. The zero-order valence-electron chi connectivity index (χ0n) is 17.7. The summed E-state index contributed by atoms with van der Waals surface area (Å²) < 4.78 is 0. The number of rotatable bonds is 5. The van der Waals surface area contributed by atoms with E-state index in [0.717, 1.165) is 38.4 Å². The average Bonchev–Trinajstić information content (AvgIpc) is 2.81. The molecule has 0 aromatic heterocycles. The molecule has 1 aliphatic heterocycles. The first-order chi connectivity index (χ1) is 15.6. The maximum absolute atomic E-state index is 12.3. The van der Waals surface area contributed by atoms with E-state index in [1.165, 1.54) is 11.3 Å². The van der Waals surface area contributed by atoms with Crippen molar-refractivity contribution in [3.8, 4) is 0 Å². The molecule has 0 atom stereocenters. The van der Waals surface area contributed by atoms with Crippen molar-refractivity contribution in [2.24, 2.45) is 0 Å². The Morgan fingerprint density at radius 1 is 0.938 bits per heavy atom. The van der Waals surface area contributed by atoms with Crippen LogP contribution < -0.4 is 20.4 Å². The molecular weight excluding hydrogens is 440 g/mol. The van der Waals surface area contributed by atoms with Crippen LogP contribution in [0.15, 0.2) is 78.9 Å². The molecule has 3 aromatic rings. The Bertz CT molecular complexity index is 1050. The SMILES string of the molecule is O=C(NC(=S)Nc1ccc(N2CC[NH+](Cc3ccccc3)CC2)cc1)c1ccc(Cl)cc1. The first kappa shape index (κ1) is 22.3. The number of piperazine rings is 1. The number of nitrogens with one attached hydrogen (secondary N) is 3.